The topological polar surface area (TPSA) is 42.0 Å². The highest BCUT2D eigenvalue weighted by molar-refractivity contribution is 7.09. The Bertz CT molecular complexity index is 751. The van der Waals surface area contributed by atoms with Crippen LogP contribution in [0.2, 0.25) is 0 Å². The van der Waals surface area contributed by atoms with E-state index < -0.39 is 0 Å². The summed E-state index contributed by atoms with van der Waals surface area (Å²) >= 11 is 1.73. The van der Waals surface area contributed by atoms with Gasteiger partial charge in [0.25, 0.3) is 0 Å². The number of thiazole rings is 1. The van der Waals surface area contributed by atoms with E-state index in [9.17, 15) is 4.79 Å². The maximum absolute atomic E-state index is 12.7. The molecule has 1 saturated carbocycles. The van der Waals surface area contributed by atoms with Gasteiger partial charge < -0.3 is 5.32 Å². The average molecular weight is 371 g/mol. The van der Waals surface area contributed by atoms with Gasteiger partial charge in [-0.05, 0) is 55.6 Å². The molecule has 1 aromatic carbocycles. The summed E-state index contributed by atoms with van der Waals surface area (Å²) in [5.41, 5.74) is 3.46. The van der Waals surface area contributed by atoms with Gasteiger partial charge in [-0.1, -0.05) is 45.0 Å². The van der Waals surface area contributed by atoms with E-state index in [0.29, 0.717) is 0 Å². The van der Waals surface area contributed by atoms with Crippen LogP contribution in [0.3, 0.4) is 0 Å². The fraction of sp³-hybridized carbons (Fsp3) is 0.545. The summed E-state index contributed by atoms with van der Waals surface area (Å²) in [7, 11) is 0. The molecule has 0 radical (unpaired) electrons. The van der Waals surface area contributed by atoms with Gasteiger partial charge in [-0.3, -0.25) is 4.79 Å². The molecule has 1 heterocycles. The molecule has 3 nitrogen and oxygen atoms in total. The van der Waals surface area contributed by atoms with Crippen molar-refractivity contribution in [2.24, 2.45) is 0 Å². The Morgan fingerprint density at radius 2 is 1.88 bits per heavy atom. The van der Waals surface area contributed by atoms with Crippen molar-refractivity contribution >= 4 is 17.2 Å². The molecule has 1 aromatic heterocycles. The van der Waals surface area contributed by atoms with Crippen molar-refractivity contribution in [3.05, 3.63) is 51.5 Å². The molecule has 0 saturated heterocycles. The molecule has 1 aliphatic carbocycles. The summed E-state index contributed by atoms with van der Waals surface area (Å²) in [6.07, 6.45) is 5.01. The van der Waals surface area contributed by atoms with Gasteiger partial charge >= 0.3 is 0 Å². The molecule has 0 unspecified atom stereocenters. The molecule has 1 aliphatic rings. The smallest absolute Gasteiger partial charge is 0.230 e. The number of aryl methyl sites for hydroxylation is 2. The fourth-order valence-electron chi connectivity index (χ4n) is 3.35. The maximum atomic E-state index is 12.7. The van der Waals surface area contributed by atoms with Gasteiger partial charge in [-0.25, -0.2) is 4.98 Å². The summed E-state index contributed by atoms with van der Waals surface area (Å²) in [4.78, 5) is 17.2. The Morgan fingerprint density at radius 3 is 2.42 bits per heavy atom. The van der Waals surface area contributed by atoms with Gasteiger partial charge in [-0.15, -0.1) is 11.3 Å². The first kappa shape index (κ1) is 19.1. The van der Waals surface area contributed by atoms with Crippen LogP contribution in [0, 0.1) is 6.92 Å². The zero-order valence-corrected chi connectivity index (χ0v) is 17.2. The van der Waals surface area contributed by atoms with Gasteiger partial charge in [0.1, 0.15) is 0 Å². The average Bonchev–Trinajstić information content (AvgIpc) is 3.31. The van der Waals surface area contributed by atoms with E-state index in [1.165, 1.54) is 16.1 Å². The molecule has 0 atom stereocenters. The molecule has 2 aromatic rings. The summed E-state index contributed by atoms with van der Waals surface area (Å²) in [5.74, 6) is 0.200. The zero-order valence-electron chi connectivity index (χ0n) is 16.4. The third-order valence-electron chi connectivity index (χ3n) is 5.26. The second-order valence-electron chi connectivity index (χ2n) is 8.51. The SMILES string of the molecule is Cc1csc(CCCCNC(=O)C2(c3ccc(C(C)(C)C)cc3)CC2)n1. The van der Waals surface area contributed by atoms with E-state index in [1.54, 1.807) is 11.3 Å². The number of carbonyl (C=O) groups is 1. The van der Waals surface area contributed by atoms with Crippen LogP contribution in [0.4, 0.5) is 0 Å². The van der Waals surface area contributed by atoms with E-state index in [0.717, 1.165) is 44.3 Å². The Labute approximate surface area is 161 Å². The number of nitrogens with one attached hydrogen (secondary N) is 1. The molecular weight excluding hydrogens is 340 g/mol. The first-order chi connectivity index (χ1) is 12.3. The minimum atomic E-state index is -0.275. The van der Waals surface area contributed by atoms with Crippen molar-refractivity contribution in [2.45, 2.75) is 70.6 Å². The Morgan fingerprint density at radius 1 is 1.19 bits per heavy atom. The maximum Gasteiger partial charge on any atom is 0.230 e. The molecule has 1 N–H and O–H groups in total. The van der Waals surface area contributed by atoms with Gasteiger partial charge in [-0.2, -0.15) is 0 Å². The fourth-order valence-corrected chi connectivity index (χ4v) is 4.17. The summed E-state index contributed by atoms with van der Waals surface area (Å²) in [6.45, 7) is 9.44. The highest BCUT2D eigenvalue weighted by atomic mass is 32.1. The van der Waals surface area contributed by atoms with Crippen LogP contribution < -0.4 is 5.32 Å². The highest BCUT2D eigenvalue weighted by Crippen LogP contribution is 2.48. The molecule has 4 heteroatoms. The third-order valence-corrected chi connectivity index (χ3v) is 6.28. The number of aromatic nitrogens is 1. The van der Waals surface area contributed by atoms with Crippen LogP contribution in [-0.2, 0) is 22.0 Å². The van der Waals surface area contributed by atoms with Crippen molar-refractivity contribution in [3.8, 4) is 0 Å². The van der Waals surface area contributed by atoms with E-state index >= 15 is 0 Å². The number of unbranched alkanes of at least 4 members (excludes halogenated alkanes) is 1. The summed E-state index contributed by atoms with van der Waals surface area (Å²) < 4.78 is 0. The number of rotatable bonds is 7. The molecule has 140 valence electrons. The highest BCUT2D eigenvalue weighted by Gasteiger charge is 2.51. The molecule has 3 rings (SSSR count). The number of amides is 1. The third kappa shape index (κ3) is 4.35. The summed E-state index contributed by atoms with van der Waals surface area (Å²) in [5, 5.41) is 6.46. The lowest BCUT2D eigenvalue weighted by Gasteiger charge is -2.21. The Balaban J connectivity index is 1.48. The first-order valence-electron chi connectivity index (χ1n) is 9.62. The number of carbonyl (C=O) groups excluding carboxylic acids is 1. The molecular formula is C22H30N2OS. The minimum Gasteiger partial charge on any atom is -0.355 e. The van der Waals surface area contributed by atoms with Gasteiger partial charge in [0.05, 0.1) is 10.4 Å². The zero-order chi connectivity index (χ0) is 18.8. The van der Waals surface area contributed by atoms with Crippen LogP contribution >= 0.6 is 11.3 Å². The van der Waals surface area contributed by atoms with Gasteiger partial charge in [0.2, 0.25) is 5.91 Å². The van der Waals surface area contributed by atoms with Crippen LogP contribution in [0.5, 0.6) is 0 Å². The second-order valence-corrected chi connectivity index (χ2v) is 9.45. The number of benzene rings is 1. The van der Waals surface area contributed by atoms with Crippen LogP contribution in [0.1, 0.15) is 68.3 Å². The molecule has 0 bridgehead atoms. The second kappa shape index (κ2) is 7.51. The minimum absolute atomic E-state index is 0.146. The number of hydrogen-bond acceptors (Lipinski definition) is 3. The van der Waals surface area contributed by atoms with E-state index in [2.05, 4.69) is 60.7 Å². The largest absolute Gasteiger partial charge is 0.355 e. The van der Waals surface area contributed by atoms with Crippen LogP contribution in [0.25, 0.3) is 0 Å². The van der Waals surface area contributed by atoms with E-state index in [-0.39, 0.29) is 16.7 Å². The number of nitrogens with zero attached hydrogens (tertiary/aromatic N) is 1. The van der Waals surface area contributed by atoms with Crippen LogP contribution in [-0.4, -0.2) is 17.4 Å². The van der Waals surface area contributed by atoms with Crippen molar-refractivity contribution in [2.75, 3.05) is 6.54 Å². The molecule has 26 heavy (non-hydrogen) atoms. The molecule has 0 aliphatic heterocycles. The lowest BCUT2D eigenvalue weighted by atomic mass is 9.85. The predicted octanol–water partition coefficient (Wildman–Crippen LogP) is 4.92. The molecule has 1 fully saturated rings. The molecule has 1 amide bonds. The standard InChI is InChI=1S/C22H30N2OS/c1-16-15-26-19(24-16)7-5-6-14-23-20(25)22(12-13-22)18-10-8-17(9-11-18)21(2,3)4/h8-11,15H,5-7,12-14H2,1-4H3,(H,23,25). The summed E-state index contributed by atoms with van der Waals surface area (Å²) in [6, 6.07) is 8.66. The monoisotopic (exact) mass is 370 g/mol. The van der Waals surface area contributed by atoms with E-state index in [4.69, 9.17) is 0 Å². The van der Waals surface area contributed by atoms with Gasteiger partial charge in [0, 0.05) is 17.6 Å². The number of hydrogen-bond donors (Lipinski definition) is 1. The van der Waals surface area contributed by atoms with Crippen LogP contribution in [0.15, 0.2) is 29.6 Å². The Hall–Kier alpha value is -1.68. The van der Waals surface area contributed by atoms with Crippen molar-refractivity contribution in [1.29, 1.82) is 0 Å². The quantitative estimate of drug-likeness (QED) is 0.703. The first-order valence-corrected chi connectivity index (χ1v) is 10.5. The lowest BCUT2D eigenvalue weighted by Crippen LogP contribution is -2.35. The molecule has 0 spiro atoms. The normalized spacial score (nSPS) is 15.7. The Kier molecular flexibility index (Phi) is 5.52. The predicted molar refractivity (Wildman–Crippen MR) is 109 cm³/mol. The van der Waals surface area contributed by atoms with Gasteiger partial charge in [0.15, 0.2) is 0 Å². The van der Waals surface area contributed by atoms with E-state index in [1.807, 2.05) is 6.92 Å². The van der Waals surface area contributed by atoms with Crippen molar-refractivity contribution < 1.29 is 4.79 Å². The van der Waals surface area contributed by atoms with Crippen molar-refractivity contribution in [3.63, 3.8) is 0 Å². The van der Waals surface area contributed by atoms with Crippen molar-refractivity contribution in [1.82, 2.24) is 10.3 Å². The lowest BCUT2D eigenvalue weighted by molar-refractivity contribution is -0.123.